The van der Waals surface area contributed by atoms with Gasteiger partial charge in [-0.05, 0) is 54.8 Å². The molecule has 0 aromatic heterocycles. The van der Waals surface area contributed by atoms with Crippen molar-refractivity contribution in [1.29, 1.82) is 0 Å². The highest BCUT2D eigenvalue weighted by Gasteiger charge is 2.30. The number of halogens is 1. The van der Waals surface area contributed by atoms with Crippen LogP contribution in [0.15, 0.2) is 53.4 Å². The normalized spacial score (nSPS) is 12.0. The van der Waals surface area contributed by atoms with Crippen molar-refractivity contribution in [3.63, 3.8) is 0 Å². The molecule has 0 saturated heterocycles. The number of amides is 1. The maximum absolute atomic E-state index is 12.7. The van der Waals surface area contributed by atoms with Gasteiger partial charge in [0.05, 0.1) is 10.4 Å². The third kappa shape index (κ3) is 4.41. The molecule has 2 aromatic carbocycles. The molecule has 0 bridgehead atoms. The molecule has 2 rings (SSSR count). The smallest absolute Gasteiger partial charge is 0.251 e. The van der Waals surface area contributed by atoms with Crippen molar-refractivity contribution in [2.75, 3.05) is 6.26 Å². The number of carbonyl (C=O) groups is 1. The van der Waals surface area contributed by atoms with E-state index in [1.807, 2.05) is 38.1 Å². The molecule has 0 atom stereocenters. The standard InChI is InChI=1S/C19H22ClNO3S/c1-4-19(5-2,15-8-10-16(20)11-9-15)21-18(22)14-6-12-17(13-7-14)25(3,23)24/h6-13H,4-5H2,1-3H3,(H,21,22). The molecule has 0 heterocycles. The topological polar surface area (TPSA) is 63.2 Å². The van der Waals surface area contributed by atoms with E-state index in [2.05, 4.69) is 5.32 Å². The lowest BCUT2D eigenvalue weighted by Crippen LogP contribution is -2.45. The first-order valence-corrected chi connectivity index (χ1v) is 10.4. The van der Waals surface area contributed by atoms with Gasteiger partial charge < -0.3 is 5.32 Å². The Morgan fingerprint density at radius 1 is 1.00 bits per heavy atom. The van der Waals surface area contributed by atoms with E-state index in [1.54, 1.807) is 0 Å². The summed E-state index contributed by atoms with van der Waals surface area (Å²) in [4.78, 5) is 12.9. The van der Waals surface area contributed by atoms with Gasteiger partial charge in [-0.3, -0.25) is 4.79 Å². The van der Waals surface area contributed by atoms with Crippen LogP contribution < -0.4 is 5.32 Å². The fourth-order valence-corrected chi connectivity index (χ4v) is 3.58. The largest absolute Gasteiger partial charge is 0.343 e. The molecule has 0 saturated carbocycles. The molecule has 0 aliphatic heterocycles. The zero-order chi connectivity index (χ0) is 18.7. The first kappa shape index (κ1) is 19.5. The Kier molecular flexibility index (Phi) is 5.91. The molecule has 1 N–H and O–H groups in total. The lowest BCUT2D eigenvalue weighted by molar-refractivity contribution is 0.0889. The summed E-state index contributed by atoms with van der Waals surface area (Å²) in [6.45, 7) is 4.04. The van der Waals surface area contributed by atoms with Gasteiger partial charge in [-0.2, -0.15) is 0 Å². The van der Waals surface area contributed by atoms with Crippen LogP contribution in [0.4, 0.5) is 0 Å². The Morgan fingerprint density at radius 2 is 1.52 bits per heavy atom. The second-order valence-corrected chi connectivity index (χ2v) is 8.50. The van der Waals surface area contributed by atoms with Gasteiger partial charge in [-0.15, -0.1) is 0 Å². The molecule has 134 valence electrons. The van der Waals surface area contributed by atoms with E-state index in [9.17, 15) is 13.2 Å². The average Bonchev–Trinajstić information content (AvgIpc) is 2.60. The Labute approximate surface area is 154 Å². The Morgan fingerprint density at radius 3 is 1.96 bits per heavy atom. The van der Waals surface area contributed by atoms with Crippen LogP contribution in [0.3, 0.4) is 0 Å². The van der Waals surface area contributed by atoms with Gasteiger partial charge in [-0.1, -0.05) is 37.6 Å². The Balaban J connectivity index is 2.30. The van der Waals surface area contributed by atoms with E-state index in [-0.39, 0.29) is 10.8 Å². The van der Waals surface area contributed by atoms with E-state index in [0.717, 1.165) is 24.7 Å². The quantitative estimate of drug-likeness (QED) is 0.818. The van der Waals surface area contributed by atoms with E-state index in [1.165, 1.54) is 24.3 Å². The third-order valence-corrected chi connectivity index (χ3v) is 5.88. The molecule has 0 unspecified atom stereocenters. The fourth-order valence-electron chi connectivity index (χ4n) is 2.82. The Hall–Kier alpha value is -1.85. The highest BCUT2D eigenvalue weighted by Crippen LogP contribution is 2.30. The van der Waals surface area contributed by atoms with Gasteiger partial charge in [0.25, 0.3) is 5.91 Å². The molecule has 25 heavy (non-hydrogen) atoms. The van der Waals surface area contributed by atoms with Gasteiger partial charge in [-0.25, -0.2) is 8.42 Å². The number of hydrogen-bond acceptors (Lipinski definition) is 3. The summed E-state index contributed by atoms with van der Waals surface area (Å²) in [6.07, 6.45) is 2.58. The first-order valence-electron chi connectivity index (χ1n) is 8.10. The second kappa shape index (κ2) is 7.58. The number of hydrogen-bond donors (Lipinski definition) is 1. The molecule has 6 heteroatoms. The molecule has 0 aliphatic rings. The number of benzene rings is 2. The van der Waals surface area contributed by atoms with Crippen molar-refractivity contribution in [2.45, 2.75) is 37.1 Å². The maximum Gasteiger partial charge on any atom is 0.251 e. The van der Waals surface area contributed by atoms with Crippen molar-refractivity contribution < 1.29 is 13.2 Å². The van der Waals surface area contributed by atoms with Gasteiger partial charge in [0.15, 0.2) is 9.84 Å². The van der Waals surface area contributed by atoms with Crippen molar-refractivity contribution in [1.82, 2.24) is 5.32 Å². The number of nitrogens with one attached hydrogen (secondary N) is 1. The zero-order valence-electron chi connectivity index (χ0n) is 14.5. The van der Waals surface area contributed by atoms with Crippen LogP contribution in [0, 0.1) is 0 Å². The summed E-state index contributed by atoms with van der Waals surface area (Å²) in [5.74, 6) is -0.237. The van der Waals surface area contributed by atoms with Crippen LogP contribution in [0.1, 0.15) is 42.6 Å². The van der Waals surface area contributed by atoms with Crippen LogP contribution in [0.5, 0.6) is 0 Å². The minimum Gasteiger partial charge on any atom is -0.343 e. The van der Waals surface area contributed by atoms with E-state index >= 15 is 0 Å². The summed E-state index contributed by atoms with van der Waals surface area (Å²) in [5.41, 5.74) is 0.910. The van der Waals surface area contributed by atoms with E-state index < -0.39 is 15.4 Å². The van der Waals surface area contributed by atoms with E-state index in [0.29, 0.717) is 10.6 Å². The third-order valence-electron chi connectivity index (χ3n) is 4.50. The van der Waals surface area contributed by atoms with Gasteiger partial charge in [0.2, 0.25) is 0 Å². The summed E-state index contributed by atoms with van der Waals surface area (Å²) < 4.78 is 23.1. The molecular weight excluding hydrogens is 358 g/mol. The monoisotopic (exact) mass is 379 g/mol. The number of carbonyl (C=O) groups excluding carboxylic acids is 1. The molecule has 2 aromatic rings. The van der Waals surface area contributed by atoms with Crippen LogP contribution in [0.2, 0.25) is 5.02 Å². The first-order chi connectivity index (χ1) is 11.7. The zero-order valence-corrected chi connectivity index (χ0v) is 16.1. The molecular formula is C19H22ClNO3S. The number of rotatable bonds is 6. The maximum atomic E-state index is 12.7. The predicted molar refractivity (Wildman–Crippen MR) is 101 cm³/mol. The van der Waals surface area contributed by atoms with E-state index in [4.69, 9.17) is 11.6 Å². The number of sulfone groups is 1. The predicted octanol–water partition coefficient (Wildman–Crippen LogP) is 4.19. The van der Waals surface area contributed by atoms with Crippen LogP contribution in [-0.4, -0.2) is 20.6 Å². The summed E-state index contributed by atoms with van der Waals surface area (Å²) in [7, 11) is -3.28. The molecule has 0 spiro atoms. The minimum absolute atomic E-state index is 0.194. The summed E-state index contributed by atoms with van der Waals surface area (Å²) in [6, 6.07) is 13.4. The van der Waals surface area contributed by atoms with Crippen LogP contribution in [-0.2, 0) is 15.4 Å². The summed E-state index contributed by atoms with van der Waals surface area (Å²) in [5, 5.41) is 3.75. The van der Waals surface area contributed by atoms with Gasteiger partial charge >= 0.3 is 0 Å². The highest BCUT2D eigenvalue weighted by atomic mass is 35.5. The van der Waals surface area contributed by atoms with Gasteiger partial charge in [0, 0.05) is 16.8 Å². The lowest BCUT2D eigenvalue weighted by atomic mass is 9.84. The average molecular weight is 380 g/mol. The molecule has 0 radical (unpaired) electrons. The molecule has 0 fully saturated rings. The molecule has 1 amide bonds. The van der Waals surface area contributed by atoms with Crippen molar-refractivity contribution in [3.8, 4) is 0 Å². The van der Waals surface area contributed by atoms with Crippen molar-refractivity contribution >= 4 is 27.3 Å². The fraction of sp³-hybridized carbons (Fsp3) is 0.316. The van der Waals surface area contributed by atoms with Crippen molar-refractivity contribution in [2.24, 2.45) is 0 Å². The van der Waals surface area contributed by atoms with Crippen LogP contribution >= 0.6 is 11.6 Å². The van der Waals surface area contributed by atoms with Gasteiger partial charge in [0.1, 0.15) is 0 Å². The highest BCUT2D eigenvalue weighted by molar-refractivity contribution is 7.90. The molecule has 4 nitrogen and oxygen atoms in total. The second-order valence-electron chi connectivity index (χ2n) is 6.05. The SMILES string of the molecule is CCC(CC)(NC(=O)c1ccc(S(C)(=O)=O)cc1)c1ccc(Cl)cc1. The summed E-state index contributed by atoms with van der Waals surface area (Å²) >= 11 is 5.96. The van der Waals surface area contributed by atoms with Crippen LogP contribution in [0.25, 0.3) is 0 Å². The lowest BCUT2D eigenvalue weighted by Gasteiger charge is -2.33. The van der Waals surface area contributed by atoms with Crippen molar-refractivity contribution in [3.05, 3.63) is 64.7 Å². The molecule has 0 aliphatic carbocycles. The Bertz CT molecular complexity index is 839. The minimum atomic E-state index is -3.28.